The van der Waals surface area contributed by atoms with E-state index in [2.05, 4.69) is 290 Å². The topological polar surface area (TPSA) is 3.24 Å². The van der Waals surface area contributed by atoms with E-state index >= 15 is 0 Å². The smallest absolute Gasteiger partial charge is 0.0546 e. The van der Waals surface area contributed by atoms with E-state index in [4.69, 9.17) is 0 Å². The fourth-order valence-electron chi connectivity index (χ4n) is 10.3. The van der Waals surface area contributed by atoms with Crippen LogP contribution in [0.1, 0.15) is 0 Å². The van der Waals surface area contributed by atoms with E-state index < -0.39 is 0 Å². The van der Waals surface area contributed by atoms with Crippen molar-refractivity contribution in [1.82, 2.24) is 0 Å². The monoisotopic (exact) mass is 877 g/mol. The van der Waals surface area contributed by atoms with Crippen LogP contribution in [0.3, 0.4) is 0 Å². The van der Waals surface area contributed by atoms with Crippen molar-refractivity contribution in [1.29, 1.82) is 0 Å². The third-order valence-corrected chi connectivity index (χ3v) is 13.5. The van der Waals surface area contributed by atoms with Gasteiger partial charge in [0.25, 0.3) is 0 Å². The average Bonchev–Trinajstić information content (AvgIpc) is 3.44. The van der Waals surface area contributed by atoms with E-state index in [0.717, 1.165) is 33.8 Å². The van der Waals surface area contributed by atoms with Gasteiger partial charge >= 0.3 is 0 Å². The Bertz CT molecular complexity index is 3720. The van der Waals surface area contributed by atoms with Crippen molar-refractivity contribution in [3.8, 4) is 77.9 Å². The van der Waals surface area contributed by atoms with E-state index in [1.165, 1.54) is 82.7 Å². The van der Waals surface area contributed by atoms with Crippen LogP contribution in [-0.4, -0.2) is 0 Å². The van der Waals surface area contributed by atoms with E-state index in [1.54, 1.807) is 0 Å². The predicted octanol–water partition coefficient (Wildman–Crippen LogP) is 19.1. The van der Waals surface area contributed by atoms with Crippen molar-refractivity contribution in [2.75, 3.05) is 4.90 Å². The van der Waals surface area contributed by atoms with Gasteiger partial charge in [-0.3, -0.25) is 0 Å². The minimum atomic E-state index is 1.07. The van der Waals surface area contributed by atoms with Gasteiger partial charge in [0.05, 0.1) is 11.4 Å². The van der Waals surface area contributed by atoms with Gasteiger partial charge in [-0.25, -0.2) is 0 Å². The molecule has 0 atom stereocenters. The SMILES string of the molecule is c1ccc(-c2ccc(-c3ccc(N(c4ccc(-c5ccccc5)cc4-c4ccccc4)c4cccc5c(-c6ccccc6)c(-c6ccccc6)c6ccccc6c45)cc3)c(-c3ccccc3)c2)cc1. The molecule has 0 radical (unpaired) electrons. The molecule has 324 valence electrons. The zero-order valence-electron chi connectivity index (χ0n) is 38.1. The normalized spacial score (nSPS) is 11.2. The van der Waals surface area contributed by atoms with Crippen LogP contribution in [0.2, 0.25) is 0 Å². The third kappa shape index (κ3) is 7.86. The van der Waals surface area contributed by atoms with Crippen LogP contribution in [0.4, 0.5) is 17.1 Å². The lowest BCUT2D eigenvalue weighted by Gasteiger charge is -2.31. The number of anilines is 3. The first kappa shape index (κ1) is 41.4. The number of rotatable bonds is 10. The quantitative estimate of drug-likeness (QED) is 0.124. The maximum absolute atomic E-state index is 2.50. The maximum Gasteiger partial charge on any atom is 0.0546 e. The Balaban J connectivity index is 1.13. The third-order valence-electron chi connectivity index (χ3n) is 13.5. The highest BCUT2D eigenvalue weighted by Gasteiger charge is 2.25. The minimum absolute atomic E-state index is 1.07. The van der Waals surface area contributed by atoms with Gasteiger partial charge in [-0.15, -0.1) is 0 Å². The number of nitrogens with zero attached hydrogens (tertiary/aromatic N) is 1. The molecule has 0 bridgehead atoms. The Morgan fingerprint density at radius 1 is 0.203 bits per heavy atom. The molecule has 0 aliphatic rings. The minimum Gasteiger partial charge on any atom is -0.309 e. The first-order chi connectivity index (χ1) is 34.3. The molecule has 0 heterocycles. The average molecular weight is 878 g/mol. The van der Waals surface area contributed by atoms with Crippen LogP contribution in [0.15, 0.2) is 285 Å². The summed E-state index contributed by atoms with van der Waals surface area (Å²) < 4.78 is 0. The van der Waals surface area contributed by atoms with Crippen molar-refractivity contribution >= 4 is 38.6 Å². The van der Waals surface area contributed by atoms with Gasteiger partial charge in [0, 0.05) is 16.6 Å². The highest BCUT2D eigenvalue weighted by Crippen LogP contribution is 2.51. The Hall–Kier alpha value is -9.04. The first-order valence-electron chi connectivity index (χ1n) is 23.8. The molecule has 12 aromatic carbocycles. The molecule has 0 aromatic heterocycles. The van der Waals surface area contributed by atoms with Gasteiger partial charge in [0.2, 0.25) is 0 Å². The summed E-state index contributed by atoms with van der Waals surface area (Å²) in [5.41, 5.74) is 19.9. The van der Waals surface area contributed by atoms with Gasteiger partial charge < -0.3 is 4.90 Å². The molecule has 1 nitrogen and oxygen atoms in total. The van der Waals surface area contributed by atoms with E-state index in [1.807, 2.05) is 0 Å². The Morgan fingerprint density at radius 3 is 1.14 bits per heavy atom. The zero-order chi connectivity index (χ0) is 45.9. The zero-order valence-corrected chi connectivity index (χ0v) is 38.1. The van der Waals surface area contributed by atoms with Crippen LogP contribution in [0.5, 0.6) is 0 Å². The molecule has 69 heavy (non-hydrogen) atoms. The molecule has 0 saturated heterocycles. The van der Waals surface area contributed by atoms with Crippen molar-refractivity contribution < 1.29 is 0 Å². The second kappa shape index (κ2) is 18.3. The molecule has 0 aliphatic heterocycles. The fourth-order valence-corrected chi connectivity index (χ4v) is 10.3. The van der Waals surface area contributed by atoms with E-state index in [-0.39, 0.29) is 0 Å². The van der Waals surface area contributed by atoms with Gasteiger partial charge in [0.1, 0.15) is 0 Å². The summed E-state index contributed by atoms with van der Waals surface area (Å²) >= 11 is 0. The molecule has 0 amide bonds. The molecule has 0 aliphatic carbocycles. The molecule has 0 unspecified atom stereocenters. The molecule has 12 aromatic rings. The molecule has 0 fully saturated rings. The van der Waals surface area contributed by atoms with Crippen LogP contribution in [0, 0.1) is 0 Å². The van der Waals surface area contributed by atoms with Gasteiger partial charge in [-0.1, -0.05) is 249 Å². The van der Waals surface area contributed by atoms with Crippen LogP contribution < -0.4 is 4.90 Å². The summed E-state index contributed by atoms with van der Waals surface area (Å²) in [6, 6.07) is 104. The molecule has 1 heteroatoms. The molecule has 0 saturated carbocycles. The standard InChI is InChI=1S/C68H47N/c1-7-22-48(23-8-1)55-40-44-58(62(46-55)50-26-11-3-12-27-50)52-38-42-57(43-39-52)69(64-45-41-56(49-24-9-2-10-25-49)47-63(64)51-28-13-4-14-29-51)65-37-21-36-61-67(54-32-17-6-18-33-54)66(53-30-15-5-16-31-53)59-34-19-20-35-60(59)68(61)65/h1-47H. The summed E-state index contributed by atoms with van der Waals surface area (Å²) in [5, 5.41) is 4.82. The van der Waals surface area contributed by atoms with Crippen molar-refractivity contribution in [2.24, 2.45) is 0 Å². The van der Waals surface area contributed by atoms with Crippen LogP contribution in [0.25, 0.3) is 99.4 Å². The summed E-state index contributed by atoms with van der Waals surface area (Å²) in [6.07, 6.45) is 0. The summed E-state index contributed by atoms with van der Waals surface area (Å²) in [7, 11) is 0. The second-order valence-corrected chi connectivity index (χ2v) is 17.6. The number of benzene rings is 12. The Labute approximate surface area is 404 Å². The molecule has 0 N–H and O–H groups in total. The summed E-state index contributed by atoms with van der Waals surface area (Å²) in [4.78, 5) is 2.50. The lowest BCUT2D eigenvalue weighted by Crippen LogP contribution is -2.12. The summed E-state index contributed by atoms with van der Waals surface area (Å²) in [6.45, 7) is 0. The molecule has 0 spiro atoms. The fraction of sp³-hybridized carbons (Fsp3) is 0. The van der Waals surface area contributed by atoms with Crippen molar-refractivity contribution in [3.05, 3.63) is 285 Å². The Kier molecular flexibility index (Phi) is 11.0. The van der Waals surface area contributed by atoms with Crippen LogP contribution in [-0.2, 0) is 0 Å². The van der Waals surface area contributed by atoms with E-state index in [9.17, 15) is 0 Å². The largest absolute Gasteiger partial charge is 0.309 e. The van der Waals surface area contributed by atoms with Gasteiger partial charge in [0.15, 0.2) is 0 Å². The summed E-state index contributed by atoms with van der Waals surface area (Å²) in [5.74, 6) is 0. The molecular weight excluding hydrogens is 831 g/mol. The molecular formula is C68H47N. The maximum atomic E-state index is 2.50. The Morgan fingerprint density at radius 2 is 0.594 bits per heavy atom. The highest BCUT2D eigenvalue weighted by molar-refractivity contribution is 6.25. The number of fused-ring (bicyclic) bond motifs is 3. The van der Waals surface area contributed by atoms with Gasteiger partial charge in [-0.05, 0) is 125 Å². The van der Waals surface area contributed by atoms with Crippen molar-refractivity contribution in [2.45, 2.75) is 0 Å². The second-order valence-electron chi connectivity index (χ2n) is 17.6. The molecule has 12 rings (SSSR count). The lowest BCUT2D eigenvalue weighted by atomic mass is 9.84. The highest BCUT2D eigenvalue weighted by atomic mass is 15.1. The number of hydrogen-bond acceptors (Lipinski definition) is 1. The first-order valence-corrected chi connectivity index (χ1v) is 23.8. The van der Waals surface area contributed by atoms with Gasteiger partial charge in [-0.2, -0.15) is 0 Å². The van der Waals surface area contributed by atoms with E-state index in [0.29, 0.717) is 0 Å². The number of hydrogen-bond donors (Lipinski definition) is 0. The van der Waals surface area contributed by atoms with Crippen LogP contribution >= 0.6 is 0 Å². The lowest BCUT2D eigenvalue weighted by molar-refractivity contribution is 1.30. The predicted molar refractivity (Wildman–Crippen MR) is 294 cm³/mol. The van der Waals surface area contributed by atoms with Crippen molar-refractivity contribution in [3.63, 3.8) is 0 Å².